The maximum Gasteiger partial charge on any atom is 0.236 e. The Balaban J connectivity index is 0.00000256. The Kier molecular flexibility index (Phi) is 8.71. The van der Waals surface area contributed by atoms with Crippen LogP contribution in [0.3, 0.4) is 0 Å². The Morgan fingerprint density at radius 3 is 2.70 bits per heavy atom. The molecule has 3 heterocycles. The molecule has 1 fully saturated rings. The van der Waals surface area contributed by atoms with Crippen LogP contribution < -0.4 is 10.6 Å². The fourth-order valence-corrected chi connectivity index (χ4v) is 4.20. The topological polar surface area (TPSA) is 65.7 Å². The van der Waals surface area contributed by atoms with Crippen LogP contribution in [-0.4, -0.2) is 42.0 Å². The molecular formula is C22H28IN5OS. The number of benzene rings is 1. The molecular weight excluding hydrogens is 509 g/mol. The largest absolute Gasteiger partial charge is 0.443 e. The predicted octanol–water partition coefficient (Wildman–Crippen LogP) is 4.35. The number of nitrogens with one attached hydrogen (secondary N) is 2. The van der Waals surface area contributed by atoms with Gasteiger partial charge >= 0.3 is 0 Å². The average Bonchev–Trinajstić information content (AvgIpc) is 3.45. The van der Waals surface area contributed by atoms with Gasteiger partial charge in [-0.1, -0.05) is 36.4 Å². The van der Waals surface area contributed by atoms with E-state index in [0.717, 1.165) is 49.0 Å². The molecule has 1 aromatic carbocycles. The van der Waals surface area contributed by atoms with Gasteiger partial charge in [0.25, 0.3) is 0 Å². The molecule has 0 amide bonds. The minimum Gasteiger partial charge on any atom is -0.443 e. The third-order valence-electron chi connectivity index (χ3n) is 5.12. The first-order valence-corrected chi connectivity index (χ1v) is 10.9. The van der Waals surface area contributed by atoms with E-state index in [2.05, 4.69) is 55.8 Å². The van der Waals surface area contributed by atoms with E-state index in [-0.39, 0.29) is 24.0 Å². The van der Waals surface area contributed by atoms with Crippen molar-refractivity contribution in [1.82, 2.24) is 20.5 Å². The summed E-state index contributed by atoms with van der Waals surface area (Å²) in [5.41, 5.74) is 2.25. The van der Waals surface area contributed by atoms with Gasteiger partial charge in [0.1, 0.15) is 6.26 Å². The van der Waals surface area contributed by atoms with Crippen LogP contribution in [0.15, 0.2) is 63.5 Å². The number of rotatable bonds is 6. The Hall–Kier alpha value is -1.91. The maximum atomic E-state index is 5.58. The molecule has 0 radical (unpaired) electrons. The highest BCUT2D eigenvalue weighted by atomic mass is 127. The summed E-state index contributed by atoms with van der Waals surface area (Å²) >= 11 is 1.63. The predicted molar refractivity (Wildman–Crippen MR) is 133 cm³/mol. The Morgan fingerprint density at radius 2 is 2.00 bits per heavy atom. The van der Waals surface area contributed by atoms with Crippen LogP contribution in [0.2, 0.25) is 0 Å². The van der Waals surface area contributed by atoms with Crippen molar-refractivity contribution in [2.75, 3.05) is 20.1 Å². The van der Waals surface area contributed by atoms with Crippen LogP contribution >= 0.6 is 35.3 Å². The highest BCUT2D eigenvalue weighted by molar-refractivity contribution is 14.0. The molecule has 1 saturated heterocycles. The summed E-state index contributed by atoms with van der Waals surface area (Å²) in [6.07, 6.45) is 3.93. The number of halogens is 1. The third kappa shape index (κ3) is 6.29. The monoisotopic (exact) mass is 537 g/mol. The number of oxazole rings is 1. The highest BCUT2D eigenvalue weighted by Crippen LogP contribution is 2.23. The van der Waals surface area contributed by atoms with Crippen molar-refractivity contribution in [2.24, 2.45) is 4.99 Å². The van der Waals surface area contributed by atoms with Gasteiger partial charge in [0, 0.05) is 32.7 Å². The van der Waals surface area contributed by atoms with Crippen molar-refractivity contribution < 1.29 is 4.42 Å². The summed E-state index contributed by atoms with van der Waals surface area (Å²) in [5.74, 6) is 1.48. The zero-order valence-electron chi connectivity index (χ0n) is 17.1. The number of aromatic nitrogens is 1. The van der Waals surface area contributed by atoms with Gasteiger partial charge in [0.15, 0.2) is 5.96 Å². The first kappa shape index (κ1) is 22.8. The van der Waals surface area contributed by atoms with E-state index in [9.17, 15) is 0 Å². The van der Waals surface area contributed by atoms with Crippen LogP contribution in [0.25, 0.3) is 10.8 Å². The van der Waals surface area contributed by atoms with Gasteiger partial charge < -0.3 is 15.1 Å². The summed E-state index contributed by atoms with van der Waals surface area (Å²) in [7, 11) is 1.81. The quantitative estimate of drug-likeness (QED) is 0.278. The summed E-state index contributed by atoms with van der Waals surface area (Å²) in [6.45, 7) is 3.80. The van der Waals surface area contributed by atoms with Crippen LogP contribution in [0, 0.1) is 0 Å². The summed E-state index contributed by atoms with van der Waals surface area (Å²) in [4.78, 5) is 12.5. The molecule has 0 spiro atoms. The van der Waals surface area contributed by atoms with E-state index in [4.69, 9.17) is 4.42 Å². The van der Waals surface area contributed by atoms with Crippen molar-refractivity contribution in [2.45, 2.75) is 32.0 Å². The number of hydrogen-bond acceptors (Lipinski definition) is 5. The van der Waals surface area contributed by atoms with Gasteiger partial charge in [-0.3, -0.25) is 9.89 Å². The van der Waals surface area contributed by atoms with Crippen LogP contribution in [0.4, 0.5) is 0 Å². The SMILES string of the molecule is CN=C(NCc1coc(-c2cccs2)n1)NC1CCN(Cc2ccccc2)CC1.I. The molecule has 3 aromatic rings. The lowest BCUT2D eigenvalue weighted by Crippen LogP contribution is -2.48. The number of likely N-dealkylation sites (tertiary alicyclic amines) is 1. The average molecular weight is 537 g/mol. The molecule has 8 heteroatoms. The molecule has 0 saturated carbocycles. The van der Waals surface area contributed by atoms with Crippen molar-refractivity contribution in [3.8, 4) is 10.8 Å². The second-order valence-electron chi connectivity index (χ2n) is 7.23. The first-order chi connectivity index (χ1) is 14.3. The standard InChI is InChI=1S/C22H27N5OS.HI/c1-23-22(24-14-19-16-28-21(25-19)20-8-5-13-29-20)26-18-9-11-27(12-10-18)15-17-6-3-2-4-7-17;/h2-8,13,16,18H,9-12,14-15H2,1H3,(H2,23,24,26);1H. The molecule has 160 valence electrons. The van der Waals surface area contributed by atoms with E-state index < -0.39 is 0 Å². The molecule has 0 unspecified atom stereocenters. The Morgan fingerprint density at radius 1 is 1.20 bits per heavy atom. The van der Waals surface area contributed by atoms with E-state index in [1.165, 1.54) is 5.56 Å². The van der Waals surface area contributed by atoms with Gasteiger partial charge in [-0.05, 0) is 29.9 Å². The molecule has 2 N–H and O–H groups in total. The number of hydrogen-bond donors (Lipinski definition) is 2. The molecule has 1 aliphatic heterocycles. The minimum absolute atomic E-state index is 0. The molecule has 6 nitrogen and oxygen atoms in total. The maximum absolute atomic E-state index is 5.58. The lowest BCUT2D eigenvalue weighted by Gasteiger charge is -2.33. The normalized spacial score (nSPS) is 15.6. The van der Waals surface area contributed by atoms with Crippen molar-refractivity contribution in [3.05, 3.63) is 65.4 Å². The molecule has 1 aliphatic rings. The van der Waals surface area contributed by atoms with Gasteiger partial charge in [0.2, 0.25) is 5.89 Å². The van der Waals surface area contributed by atoms with Gasteiger partial charge in [0.05, 0.1) is 17.1 Å². The van der Waals surface area contributed by atoms with Gasteiger partial charge in [-0.15, -0.1) is 35.3 Å². The molecule has 0 bridgehead atoms. The molecule has 0 aliphatic carbocycles. The van der Waals surface area contributed by atoms with Crippen LogP contribution in [0.5, 0.6) is 0 Å². The number of guanidine groups is 1. The summed E-state index contributed by atoms with van der Waals surface area (Å²) < 4.78 is 5.58. The lowest BCUT2D eigenvalue weighted by molar-refractivity contribution is 0.198. The van der Waals surface area contributed by atoms with Crippen LogP contribution in [0.1, 0.15) is 24.1 Å². The molecule has 4 rings (SSSR count). The highest BCUT2D eigenvalue weighted by Gasteiger charge is 2.20. The summed E-state index contributed by atoms with van der Waals surface area (Å²) in [5, 5.41) is 8.92. The summed E-state index contributed by atoms with van der Waals surface area (Å²) in [6, 6.07) is 15.1. The first-order valence-electron chi connectivity index (χ1n) is 10.0. The molecule has 0 atom stereocenters. The Bertz CT molecular complexity index is 905. The zero-order valence-corrected chi connectivity index (χ0v) is 20.2. The number of thiophene rings is 1. The van der Waals surface area contributed by atoms with Crippen molar-refractivity contribution in [1.29, 1.82) is 0 Å². The van der Waals surface area contributed by atoms with E-state index in [1.54, 1.807) is 24.6 Å². The van der Waals surface area contributed by atoms with E-state index >= 15 is 0 Å². The number of nitrogens with zero attached hydrogens (tertiary/aromatic N) is 3. The molecule has 2 aromatic heterocycles. The fraction of sp³-hybridized carbons (Fsp3) is 0.364. The number of aliphatic imine (C=N–C) groups is 1. The smallest absolute Gasteiger partial charge is 0.236 e. The van der Waals surface area contributed by atoms with E-state index in [1.807, 2.05) is 17.5 Å². The lowest BCUT2D eigenvalue weighted by atomic mass is 10.0. The van der Waals surface area contributed by atoms with Crippen molar-refractivity contribution in [3.63, 3.8) is 0 Å². The third-order valence-corrected chi connectivity index (χ3v) is 5.98. The zero-order chi connectivity index (χ0) is 19.9. The number of piperidine rings is 1. The van der Waals surface area contributed by atoms with Crippen LogP contribution in [-0.2, 0) is 13.1 Å². The second-order valence-corrected chi connectivity index (χ2v) is 8.18. The fourth-order valence-electron chi connectivity index (χ4n) is 3.54. The van der Waals surface area contributed by atoms with Gasteiger partial charge in [-0.25, -0.2) is 4.98 Å². The molecule has 30 heavy (non-hydrogen) atoms. The van der Waals surface area contributed by atoms with E-state index in [0.29, 0.717) is 18.5 Å². The van der Waals surface area contributed by atoms with Crippen molar-refractivity contribution >= 4 is 41.3 Å². The Labute approximate surface area is 198 Å². The minimum atomic E-state index is 0. The second kappa shape index (κ2) is 11.5. The van der Waals surface area contributed by atoms with Gasteiger partial charge in [-0.2, -0.15) is 0 Å².